The molecular formula is C17H14N2O. The van der Waals surface area contributed by atoms with Crippen LogP contribution in [0.3, 0.4) is 0 Å². The van der Waals surface area contributed by atoms with E-state index in [1.165, 1.54) is 0 Å². The molecule has 3 nitrogen and oxygen atoms in total. The topological polar surface area (TPSA) is 35.0 Å². The quantitative estimate of drug-likeness (QED) is 0.718. The van der Waals surface area contributed by atoms with Crippen molar-refractivity contribution in [1.29, 1.82) is 0 Å². The maximum absolute atomic E-state index is 5.74. The Morgan fingerprint density at radius 2 is 1.45 bits per heavy atom. The molecule has 20 heavy (non-hydrogen) atoms. The summed E-state index contributed by atoms with van der Waals surface area (Å²) in [4.78, 5) is 8.44. The fourth-order valence-electron chi connectivity index (χ4n) is 1.89. The van der Waals surface area contributed by atoms with E-state index in [4.69, 9.17) is 4.74 Å². The second-order valence-corrected chi connectivity index (χ2v) is 4.37. The highest BCUT2D eigenvalue weighted by atomic mass is 16.5. The Bertz CT molecular complexity index is 652. The third-order valence-electron chi connectivity index (χ3n) is 2.93. The van der Waals surface area contributed by atoms with Gasteiger partial charge in [-0.25, -0.2) is 9.97 Å². The number of benzene rings is 2. The van der Waals surface area contributed by atoms with Crippen LogP contribution in [0, 0.1) is 0 Å². The first-order valence-electron chi connectivity index (χ1n) is 6.46. The molecule has 3 rings (SSSR count). The summed E-state index contributed by atoms with van der Waals surface area (Å²) in [6, 6.07) is 19.7. The van der Waals surface area contributed by atoms with Crippen molar-refractivity contribution in [3.8, 4) is 17.1 Å². The monoisotopic (exact) mass is 262 g/mol. The Morgan fingerprint density at radius 1 is 0.750 bits per heavy atom. The van der Waals surface area contributed by atoms with Crippen LogP contribution < -0.4 is 4.74 Å². The first kappa shape index (κ1) is 12.4. The van der Waals surface area contributed by atoms with Gasteiger partial charge in [0.2, 0.25) is 0 Å². The van der Waals surface area contributed by atoms with Gasteiger partial charge >= 0.3 is 0 Å². The van der Waals surface area contributed by atoms with Crippen LogP contribution in [0.2, 0.25) is 0 Å². The third kappa shape index (κ3) is 3.01. The van der Waals surface area contributed by atoms with Crippen LogP contribution in [-0.4, -0.2) is 9.97 Å². The molecule has 0 unspecified atom stereocenters. The van der Waals surface area contributed by atoms with Crippen molar-refractivity contribution >= 4 is 0 Å². The van der Waals surface area contributed by atoms with Crippen molar-refractivity contribution in [2.75, 3.05) is 0 Å². The fraction of sp³-hybridized carbons (Fsp3) is 0.0588. The van der Waals surface area contributed by atoms with Crippen molar-refractivity contribution < 1.29 is 4.74 Å². The van der Waals surface area contributed by atoms with Crippen molar-refractivity contribution in [1.82, 2.24) is 9.97 Å². The predicted octanol–water partition coefficient (Wildman–Crippen LogP) is 3.72. The number of hydrogen-bond acceptors (Lipinski definition) is 3. The van der Waals surface area contributed by atoms with Crippen molar-refractivity contribution in [3.63, 3.8) is 0 Å². The molecule has 1 aromatic heterocycles. The summed E-state index contributed by atoms with van der Waals surface area (Å²) >= 11 is 0. The Morgan fingerprint density at radius 3 is 2.15 bits per heavy atom. The van der Waals surface area contributed by atoms with E-state index in [0.717, 1.165) is 22.7 Å². The second kappa shape index (κ2) is 5.97. The number of aromatic nitrogens is 2. The van der Waals surface area contributed by atoms with Crippen LogP contribution >= 0.6 is 0 Å². The summed E-state index contributed by atoms with van der Waals surface area (Å²) in [6.45, 7) is 0.571. The zero-order chi connectivity index (χ0) is 13.6. The van der Waals surface area contributed by atoms with Gasteiger partial charge in [0.05, 0.1) is 0 Å². The van der Waals surface area contributed by atoms with Gasteiger partial charge in [-0.15, -0.1) is 0 Å². The highest BCUT2D eigenvalue weighted by molar-refractivity contribution is 5.55. The van der Waals surface area contributed by atoms with Gasteiger partial charge in [-0.2, -0.15) is 0 Å². The lowest BCUT2D eigenvalue weighted by atomic mass is 10.2. The minimum Gasteiger partial charge on any atom is -0.489 e. The first-order chi connectivity index (χ1) is 9.92. The molecule has 0 fully saturated rings. The average molecular weight is 262 g/mol. The lowest BCUT2D eigenvalue weighted by Gasteiger charge is -2.07. The Labute approximate surface area is 117 Å². The molecule has 3 heteroatoms. The summed E-state index contributed by atoms with van der Waals surface area (Å²) in [5.41, 5.74) is 2.14. The molecule has 0 aliphatic carbocycles. The van der Waals surface area contributed by atoms with Crippen LogP contribution in [0.25, 0.3) is 11.4 Å². The lowest BCUT2D eigenvalue weighted by molar-refractivity contribution is 0.306. The van der Waals surface area contributed by atoms with E-state index in [0.29, 0.717) is 6.61 Å². The van der Waals surface area contributed by atoms with Gasteiger partial charge in [-0.1, -0.05) is 30.3 Å². The minimum absolute atomic E-state index is 0.571. The number of nitrogens with zero attached hydrogens (tertiary/aromatic N) is 2. The van der Waals surface area contributed by atoms with Gasteiger partial charge in [0.25, 0.3) is 0 Å². The highest BCUT2D eigenvalue weighted by Crippen LogP contribution is 2.19. The molecule has 0 atom stereocenters. The Hall–Kier alpha value is -2.68. The van der Waals surface area contributed by atoms with Gasteiger partial charge in [0, 0.05) is 18.0 Å². The van der Waals surface area contributed by atoms with Crippen LogP contribution in [0.15, 0.2) is 73.1 Å². The molecule has 2 aromatic carbocycles. The normalized spacial score (nSPS) is 10.2. The van der Waals surface area contributed by atoms with E-state index in [2.05, 4.69) is 9.97 Å². The number of rotatable bonds is 4. The van der Waals surface area contributed by atoms with Gasteiger partial charge < -0.3 is 4.74 Å². The molecule has 0 aliphatic rings. The molecule has 0 N–H and O–H groups in total. The Kier molecular flexibility index (Phi) is 3.69. The molecule has 3 aromatic rings. The minimum atomic E-state index is 0.571. The van der Waals surface area contributed by atoms with Crippen LogP contribution in [0.1, 0.15) is 5.56 Å². The molecule has 0 bridgehead atoms. The zero-order valence-corrected chi connectivity index (χ0v) is 10.9. The molecule has 0 saturated carbocycles. The molecule has 98 valence electrons. The van der Waals surface area contributed by atoms with Gasteiger partial charge in [0.15, 0.2) is 5.82 Å². The molecule has 0 aliphatic heterocycles. The summed E-state index contributed by atoms with van der Waals surface area (Å²) in [7, 11) is 0. The maximum Gasteiger partial charge on any atom is 0.159 e. The van der Waals surface area contributed by atoms with Gasteiger partial charge in [-0.3, -0.25) is 0 Å². The second-order valence-electron chi connectivity index (χ2n) is 4.37. The van der Waals surface area contributed by atoms with Crippen LogP contribution in [0.5, 0.6) is 5.75 Å². The van der Waals surface area contributed by atoms with Crippen LogP contribution in [0.4, 0.5) is 0 Å². The third-order valence-corrected chi connectivity index (χ3v) is 2.93. The summed E-state index contributed by atoms with van der Waals surface area (Å²) in [5.74, 6) is 1.57. The van der Waals surface area contributed by atoms with E-state index < -0.39 is 0 Å². The number of ether oxygens (including phenoxy) is 1. The molecular weight excluding hydrogens is 248 g/mol. The standard InChI is InChI=1S/C17H14N2O/c1-2-5-14(6-3-1)13-20-16-9-7-15(8-10-16)17-18-11-4-12-19-17/h1-12H,13H2. The SMILES string of the molecule is c1ccc(COc2ccc(-c3ncccn3)cc2)cc1. The van der Waals surface area contributed by atoms with Gasteiger partial charge in [0.1, 0.15) is 12.4 Å². The van der Waals surface area contributed by atoms with Crippen molar-refractivity contribution in [2.45, 2.75) is 6.61 Å². The molecule has 0 spiro atoms. The Balaban J connectivity index is 1.68. The molecule has 1 heterocycles. The zero-order valence-electron chi connectivity index (χ0n) is 10.9. The average Bonchev–Trinajstić information content (AvgIpc) is 2.55. The number of hydrogen-bond donors (Lipinski definition) is 0. The van der Waals surface area contributed by atoms with E-state index in [1.807, 2.05) is 54.6 Å². The van der Waals surface area contributed by atoms with Crippen LogP contribution in [-0.2, 0) is 6.61 Å². The van der Waals surface area contributed by atoms with Gasteiger partial charge in [-0.05, 0) is 35.9 Å². The van der Waals surface area contributed by atoms with E-state index in [-0.39, 0.29) is 0 Å². The summed E-state index contributed by atoms with van der Waals surface area (Å²) < 4.78 is 5.74. The lowest BCUT2D eigenvalue weighted by Crippen LogP contribution is -1.95. The maximum atomic E-state index is 5.74. The summed E-state index contributed by atoms with van der Waals surface area (Å²) in [5, 5.41) is 0. The summed E-state index contributed by atoms with van der Waals surface area (Å²) in [6.07, 6.45) is 3.48. The predicted molar refractivity (Wildman–Crippen MR) is 78.2 cm³/mol. The van der Waals surface area contributed by atoms with E-state index in [1.54, 1.807) is 18.5 Å². The van der Waals surface area contributed by atoms with Crippen molar-refractivity contribution in [3.05, 3.63) is 78.6 Å². The molecule has 0 amide bonds. The smallest absolute Gasteiger partial charge is 0.159 e. The van der Waals surface area contributed by atoms with Crippen molar-refractivity contribution in [2.24, 2.45) is 0 Å². The van der Waals surface area contributed by atoms with E-state index in [9.17, 15) is 0 Å². The highest BCUT2D eigenvalue weighted by Gasteiger charge is 2.00. The fourth-order valence-corrected chi connectivity index (χ4v) is 1.89. The molecule has 0 saturated heterocycles. The first-order valence-corrected chi connectivity index (χ1v) is 6.46. The largest absolute Gasteiger partial charge is 0.489 e. The molecule has 0 radical (unpaired) electrons. The van der Waals surface area contributed by atoms with E-state index >= 15 is 0 Å².